The molecule has 2 aromatic rings. The molecular formula is C19H22ClN3O. The van der Waals surface area contributed by atoms with Gasteiger partial charge >= 0.3 is 0 Å². The van der Waals surface area contributed by atoms with Gasteiger partial charge in [0.15, 0.2) is 0 Å². The lowest BCUT2D eigenvalue weighted by atomic mass is 10.1. The first-order valence-electron chi connectivity index (χ1n) is 8.22. The van der Waals surface area contributed by atoms with Crippen LogP contribution in [0.3, 0.4) is 0 Å². The molecule has 2 N–H and O–H groups in total. The first-order chi connectivity index (χ1) is 11.6. The van der Waals surface area contributed by atoms with Crippen molar-refractivity contribution < 1.29 is 4.79 Å². The number of hydrogen-bond acceptors (Lipinski definition) is 3. The molecule has 4 nitrogen and oxygen atoms in total. The summed E-state index contributed by atoms with van der Waals surface area (Å²) in [7, 11) is 0. The molecule has 5 heteroatoms. The number of rotatable bonds is 4. The van der Waals surface area contributed by atoms with Crippen LogP contribution in [0.5, 0.6) is 0 Å². The minimum atomic E-state index is -0.477. The van der Waals surface area contributed by atoms with Gasteiger partial charge in [-0.3, -0.25) is 4.79 Å². The number of carbonyl (C=O) groups excluding carboxylic acids is 1. The molecule has 24 heavy (non-hydrogen) atoms. The summed E-state index contributed by atoms with van der Waals surface area (Å²) in [5, 5.41) is 0.736. The van der Waals surface area contributed by atoms with Gasteiger partial charge in [0.05, 0.1) is 6.04 Å². The summed E-state index contributed by atoms with van der Waals surface area (Å²) in [4.78, 5) is 16.7. The second kappa shape index (κ2) is 7.69. The molecule has 1 fully saturated rings. The maximum Gasteiger partial charge on any atom is 0.239 e. The van der Waals surface area contributed by atoms with Crippen LogP contribution in [0, 0.1) is 0 Å². The Hall–Kier alpha value is -2.04. The van der Waals surface area contributed by atoms with E-state index >= 15 is 0 Å². The van der Waals surface area contributed by atoms with E-state index in [1.54, 1.807) is 0 Å². The molecule has 0 bridgehead atoms. The standard InChI is InChI=1S/C19H22ClN3O/c20-16-6-8-17(9-7-16)22-10-12-23(13-11-22)19(24)18(21)14-15-4-2-1-3-5-15/h1-9,18H,10-14,21H2. The molecule has 0 aromatic heterocycles. The molecular weight excluding hydrogens is 322 g/mol. The number of benzene rings is 2. The van der Waals surface area contributed by atoms with Gasteiger partial charge in [-0.05, 0) is 36.2 Å². The fraction of sp³-hybridized carbons (Fsp3) is 0.316. The Morgan fingerprint density at radius 1 is 1.00 bits per heavy atom. The van der Waals surface area contributed by atoms with Crippen LogP contribution in [0.1, 0.15) is 5.56 Å². The molecule has 0 spiro atoms. The highest BCUT2D eigenvalue weighted by Crippen LogP contribution is 2.19. The van der Waals surface area contributed by atoms with Crippen LogP contribution in [-0.2, 0) is 11.2 Å². The molecule has 1 aliphatic heterocycles. The highest BCUT2D eigenvalue weighted by molar-refractivity contribution is 6.30. The summed E-state index contributed by atoms with van der Waals surface area (Å²) < 4.78 is 0. The first-order valence-corrected chi connectivity index (χ1v) is 8.60. The van der Waals surface area contributed by atoms with Crippen LogP contribution in [0.4, 0.5) is 5.69 Å². The van der Waals surface area contributed by atoms with Crippen LogP contribution < -0.4 is 10.6 Å². The minimum absolute atomic E-state index is 0.0367. The van der Waals surface area contributed by atoms with Gasteiger partial charge in [-0.1, -0.05) is 41.9 Å². The molecule has 1 amide bonds. The average Bonchev–Trinajstić information content (AvgIpc) is 2.63. The van der Waals surface area contributed by atoms with Gasteiger partial charge in [0, 0.05) is 36.9 Å². The normalized spacial score (nSPS) is 16.1. The zero-order valence-electron chi connectivity index (χ0n) is 13.6. The third-order valence-electron chi connectivity index (χ3n) is 4.40. The molecule has 1 aliphatic rings. The van der Waals surface area contributed by atoms with Crippen molar-refractivity contribution in [3.63, 3.8) is 0 Å². The van der Waals surface area contributed by atoms with Crippen LogP contribution in [0.25, 0.3) is 0 Å². The highest BCUT2D eigenvalue weighted by atomic mass is 35.5. The predicted octanol–water partition coefficient (Wildman–Crippen LogP) is 2.56. The van der Waals surface area contributed by atoms with Gasteiger partial charge in [0.1, 0.15) is 0 Å². The summed E-state index contributed by atoms with van der Waals surface area (Å²) >= 11 is 5.93. The SMILES string of the molecule is NC(Cc1ccccc1)C(=O)N1CCN(c2ccc(Cl)cc2)CC1. The lowest BCUT2D eigenvalue weighted by Gasteiger charge is -2.37. The average molecular weight is 344 g/mol. The molecule has 126 valence electrons. The zero-order valence-corrected chi connectivity index (χ0v) is 14.3. The Labute approximate surface area is 147 Å². The Morgan fingerprint density at radius 2 is 1.62 bits per heavy atom. The van der Waals surface area contributed by atoms with Crippen molar-refractivity contribution in [2.24, 2.45) is 5.73 Å². The van der Waals surface area contributed by atoms with Crippen molar-refractivity contribution in [2.75, 3.05) is 31.1 Å². The Kier molecular flexibility index (Phi) is 5.38. The third kappa shape index (κ3) is 4.08. The molecule has 0 aliphatic carbocycles. The maximum atomic E-state index is 12.6. The lowest BCUT2D eigenvalue weighted by Crippen LogP contribution is -2.53. The van der Waals surface area contributed by atoms with Crippen molar-refractivity contribution in [3.05, 3.63) is 65.2 Å². The second-order valence-electron chi connectivity index (χ2n) is 6.08. The van der Waals surface area contributed by atoms with Crippen LogP contribution in [0.15, 0.2) is 54.6 Å². The molecule has 1 unspecified atom stereocenters. The van der Waals surface area contributed by atoms with Crippen molar-refractivity contribution in [2.45, 2.75) is 12.5 Å². The highest BCUT2D eigenvalue weighted by Gasteiger charge is 2.25. The van der Waals surface area contributed by atoms with Crippen LogP contribution in [-0.4, -0.2) is 43.0 Å². The maximum absolute atomic E-state index is 12.6. The van der Waals surface area contributed by atoms with E-state index in [0.717, 1.165) is 29.4 Å². The molecule has 3 rings (SSSR count). The van der Waals surface area contributed by atoms with E-state index in [-0.39, 0.29) is 5.91 Å². The summed E-state index contributed by atoms with van der Waals surface area (Å²) in [6.45, 7) is 3.02. The topological polar surface area (TPSA) is 49.6 Å². The number of anilines is 1. The number of carbonyl (C=O) groups is 1. The summed E-state index contributed by atoms with van der Waals surface area (Å²) in [5.74, 6) is 0.0367. The van der Waals surface area contributed by atoms with Gasteiger partial charge in [0.25, 0.3) is 0 Å². The van der Waals surface area contributed by atoms with Crippen molar-refractivity contribution in [3.8, 4) is 0 Å². The second-order valence-corrected chi connectivity index (χ2v) is 6.52. The number of hydrogen-bond donors (Lipinski definition) is 1. The number of halogens is 1. The van der Waals surface area contributed by atoms with E-state index in [1.165, 1.54) is 0 Å². The predicted molar refractivity (Wildman–Crippen MR) is 98.4 cm³/mol. The van der Waals surface area contributed by atoms with E-state index in [1.807, 2.05) is 59.5 Å². The van der Waals surface area contributed by atoms with Gasteiger partial charge in [-0.15, -0.1) is 0 Å². The quantitative estimate of drug-likeness (QED) is 0.928. The van der Waals surface area contributed by atoms with Crippen molar-refractivity contribution in [1.29, 1.82) is 0 Å². The minimum Gasteiger partial charge on any atom is -0.368 e. The van der Waals surface area contributed by atoms with Crippen LogP contribution in [0.2, 0.25) is 5.02 Å². The van der Waals surface area contributed by atoms with Gasteiger partial charge in [-0.2, -0.15) is 0 Å². The molecule has 0 saturated carbocycles. The molecule has 1 heterocycles. The number of nitrogens with two attached hydrogens (primary N) is 1. The number of piperazine rings is 1. The molecule has 1 saturated heterocycles. The van der Waals surface area contributed by atoms with Crippen molar-refractivity contribution >= 4 is 23.2 Å². The van der Waals surface area contributed by atoms with Crippen LogP contribution >= 0.6 is 11.6 Å². The molecule has 0 radical (unpaired) electrons. The molecule has 1 atom stereocenters. The summed E-state index contributed by atoms with van der Waals surface area (Å²) in [6, 6.07) is 17.3. The first kappa shape index (κ1) is 16.8. The van der Waals surface area contributed by atoms with E-state index in [0.29, 0.717) is 19.5 Å². The van der Waals surface area contributed by atoms with Gasteiger partial charge in [0.2, 0.25) is 5.91 Å². The van der Waals surface area contributed by atoms with E-state index in [2.05, 4.69) is 4.90 Å². The van der Waals surface area contributed by atoms with E-state index in [4.69, 9.17) is 17.3 Å². The fourth-order valence-corrected chi connectivity index (χ4v) is 3.15. The largest absolute Gasteiger partial charge is 0.368 e. The van der Waals surface area contributed by atoms with Gasteiger partial charge < -0.3 is 15.5 Å². The Bertz CT molecular complexity index is 667. The lowest BCUT2D eigenvalue weighted by molar-refractivity contribution is -0.132. The molecule has 2 aromatic carbocycles. The third-order valence-corrected chi connectivity index (χ3v) is 4.65. The van der Waals surface area contributed by atoms with Crippen molar-refractivity contribution in [1.82, 2.24) is 4.90 Å². The monoisotopic (exact) mass is 343 g/mol. The van der Waals surface area contributed by atoms with Gasteiger partial charge in [-0.25, -0.2) is 0 Å². The summed E-state index contributed by atoms with van der Waals surface area (Å²) in [6.07, 6.45) is 0.580. The number of nitrogens with zero attached hydrogens (tertiary/aromatic N) is 2. The van der Waals surface area contributed by atoms with E-state index < -0.39 is 6.04 Å². The summed E-state index contributed by atoms with van der Waals surface area (Å²) in [5.41, 5.74) is 8.36. The fourth-order valence-electron chi connectivity index (χ4n) is 3.03. The zero-order chi connectivity index (χ0) is 16.9. The van der Waals surface area contributed by atoms with E-state index in [9.17, 15) is 4.79 Å². The number of amides is 1. The smallest absolute Gasteiger partial charge is 0.239 e. The Balaban J connectivity index is 1.54. The Morgan fingerprint density at radius 3 is 2.25 bits per heavy atom.